The van der Waals surface area contributed by atoms with E-state index in [1.165, 1.54) is 66.8 Å². The Morgan fingerprint density at radius 2 is 0.508 bits per heavy atom. The fourth-order valence-electron chi connectivity index (χ4n) is 10.8. The van der Waals surface area contributed by atoms with Crippen molar-refractivity contribution < 1.29 is 103 Å². The van der Waals surface area contributed by atoms with E-state index in [-0.39, 0.29) is 118 Å². The number of pyridine rings is 4. The predicted octanol–water partition coefficient (Wildman–Crippen LogP) is 27.2. The first-order chi connectivity index (χ1) is 58.3. The van der Waals surface area contributed by atoms with Crippen LogP contribution in [0.4, 0.5) is 0 Å². The van der Waals surface area contributed by atoms with Crippen LogP contribution in [0.15, 0.2) is 498 Å². The normalized spacial score (nSPS) is 10.9. The van der Waals surface area contributed by atoms with E-state index >= 15 is 0 Å². The summed E-state index contributed by atoms with van der Waals surface area (Å²) in [6.45, 7) is 28.0. The summed E-state index contributed by atoms with van der Waals surface area (Å²) >= 11 is 0. The minimum absolute atomic E-state index is 0. The summed E-state index contributed by atoms with van der Waals surface area (Å²) in [5, 5.41) is 0. The van der Waals surface area contributed by atoms with Crippen molar-refractivity contribution in [2.75, 3.05) is 0 Å². The van der Waals surface area contributed by atoms with Gasteiger partial charge in [0.05, 0.1) is 0 Å². The molecule has 0 bridgehead atoms. The van der Waals surface area contributed by atoms with Gasteiger partial charge in [-0.25, -0.2) is 0 Å². The monoisotopic (exact) mass is 1670 g/mol. The molecule has 14 aromatic rings. The van der Waals surface area contributed by atoms with Crippen molar-refractivity contribution in [2.24, 2.45) is 0 Å². The van der Waals surface area contributed by atoms with Crippen molar-refractivity contribution in [2.45, 2.75) is 135 Å². The van der Waals surface area contributed by atoms with Crippen LogP contribution in [-0.4, -0.2) is 19.9 Å². The minimum Gasteiger partial charge on any atom is -0.265 e. The fourth-order valence-corrected chi connectivity index (χ4v) is 10.8. The van der Waals surface area contributed by atoms with Crippen LogP contribution in [0.5, 0.6) is 0 Å². The Bertz CT molecular complexity index is 4200. The Balaban J connectivity index is -0.00000139. The average Bonchev–Trinajstić information content (AvgIpc) is 0.820. The quantitative estimate of drug-likeness (QED) is 0.0903. The molecule has 4 aromatic heterocycles. The van der Waals surface area contributed by atoms with E-state index < -0.39 is 0 Å². The van der Waals surface area contributed by atoms with Gasteiger partial charge >= 0.3 is 103 Å². The first-order valence-corrected chi connectivity index (χ1v) is 41.5. The Hall–Kier alpha value is -10.0. The Morgan fingerprint density at radius 1 is 0.270 bits per heavy atom. The van der Waals surface area contributed by atoms with E-state index in [0.717, 1.165) is 19.3 Å². The standard InChI is InChI=1S/C37H35.C13H11.C8H8.4C7H8.4C5H5N.4C2H6.2CH4.2K/c1-6-16-30(17-7-1)26-27-35(31-18-8-2-9-19-31)28-36(32-20-10-3-11-21-32)29-37(33-22-12-4-13-23-33)34-24-14-5-15-25-34;1-3-7-12(8-4-1)11-13-9-5-2-6-10-13;1-2-8-6-4-3-5-7-8;4*1-7-5-3-2-4-6-7;4*1-2-4-6-5-3-1;4*1-2;;;;/h1-26,35-37H,27-29H2;1-11H;2-7H,1H2;4*2-6H,1H3;4*1-5H;4*1-2H3;2*1H4;;/q2*-1;;;;;;;;;;;;;;;;2*+1. The number of allylic oxidation sites excluding steroid dienone is 11. The molecule has 0 saturated carbocycles. The van der Waals surface area contributed by atoms with Gasteiger partial charge in [0.15, 0.2) is 0 Å². The van der Waals surface area contributed by atoms with Gasteiger partial charge in [0.1, 0.15) is 0 Å². The maximum atomic E-state index is 3.78. The zero-order valence-corrected chi connectivity index (χ0v) is 80.5. The molecule has 0 amide bonds. The van der Waals surface area contributed by atoms with Crippen LogP contribution in [-0.2, 0) is 0 Å². The molecule has 4 nitrogen and oxygen atoms in total. The molecule has 0 saturated heterocycles. The minimum atomic E-state index is 0. The average molecular weight is 1670 g/mol. The Morgan fingerprint density at radius 3 is 0.730 bits per heavy atom. The van der Waals surface area contributed by atoms with E-state index in [9.17, 15) is 0 Å². The van der Waals surface area contributed by atoms with E-state index in [4.69, 9.17) is 0 Å². The molecule has 0 radical (unpaired) electrons. The van der Waals surface area contributed by atoms with Gasteiger partial charge in [0.2, 0.25) is 0 Å². The fraction of sp³-hybridized carbons (Fsp3) is 0.172. The van der Waals surface area contributed by atoms with Crippen LogP contribution in [0.1, 0.15) is 163 Å². The summed E-state index contributed by atoms with van der Waals surface area (Å²) in [4.78, 5) is 15.1. The van der Waals surface area contributed by atoms with Crippen LogP contribution < -0.4 is 103 Å². The number of aryl methyl sites for hydroxylation is 4. The van der Waals surface area contributed by atoms with Crippen molar-refractivity contribution in [1.29, 1.82) is 0 Å². The molecule has 0 spiro atoms. The summed E-state index contributed by atoms with van der Waals surface area (Å²) in [5.41, 5.74) is 15.9. The number of rotatable bonds is 12. The van der Waals surface area contributed by atoms with Gasteiger partial charge < -0.3 is 0 Å². The van der Waals surface area contributed by atoms with Crippen molar-refractivity contribution in [3.8, 4) is 0 Å². The maximum absolute atomic E-state index is 3.78. The number of benzene rings is 10. The number of nitrogens with zero attached hydrogens (tertiary/aromatic N) is 4. The van der Waals surface area contributed by atoms with Gasteiger partial charge in [-0.1, -0.05) is 445 Å². The molecule has 122 heavy (non-hydrogen) atoms. The molecule has 624 valence electrons. The first kappa shape index (κ1) is 116. The molecule has 6 heteroatoms. The molecule has 10 aromatic carbocycles. The summed E-state index contributed by atoms with van der Waals surface area (Å²) in [5.74, 6) is 1.22. The topological polar surface area (TPSA) is 51.6 Å². The third-order valence-corrected chi connectivity index (χ3v) is 16.5. The van der Waals surface area contributed by atoms with Crippen LogP contribution in [0.3, 0.4) is 0 Å². The molecule has 2 aliphatic carbocycles. The first-order valence-electron chi connectivity index (χ1n) is 41.5. The van der Waals surface area contributed by atoms with E-state index in [1.807, 2.05) is 250 Å². The van der Waals surface area contributed by atoms with Gasteiger partial charge in [0.25, 0.3) is 0 Å². The zero-order chi connectivity index (χ0) is 85.3. The molecule has 0 N–H and O–H groups in total. The second-order valence-corrected chi connectivity index (χ2v) is 25.2. The third kappa shape index (κ3) is 62.2. The molecule has 16 rings (SSSR count). The second kappa shape index (κ2) is 86.0. The van der Waals surface area contributed by atoms with E-state index in [0.29, 0.717) is 17.8 Å². The Labute approximate surface area is 826 Å². The molecular weight excluding hydrogens is 1530 g/mol. The van der Waals surface area contributed by atoms with E-state index in [2.05, 4.69) is 316 Å². The van der Waals surface area contributed by atoms with E-state index in [1.54, 1.807) is 49.6 Å². The molecular formula is C116H138K2N4. The van der Waals surface area contributed by atoms with Crippen LogP contribution in [0, 0.1) is 40.5 Å². The summed E-state index contributed by atoms with van der Waals surface area (Å²) in [6, 6.07) is 129. The molecule has 0 aliphatic heterocycles. The smallest absolute Gasteiger partial charge is 0.265 e. The molecule has 2 unspecified atom stereocenters. The van der Waals surface area contributed by atoms with Crippen LogP contribution in [0.2, 0.25) is 0 Å². The Kier molecular flexibility index (Phi) is 81.8. The number of hydrogen-bond acceptors (Lipinski definition) is 4. The van der Waals surface area contributed by atoms with Crippen molar-refractivity contribution >= 4 is 12.2 Å². The van der Waals surface area contributed by atoms with Gasteiger partial charge in [-0.05, 0) is 129 Å². The van der Waals surface area contributed by atoms with Crippen molar-refractivity contribution in [3.05, 3.63) is 567 Å². The summed E-state index contributed by atoms with van der Waals surface area (Å²) in [7, 11) is 0. The van der Waals surface area contributed by atoms with Crippen molar-refractivity contribution in [1.82, 2.24) is 19.9 Å². The summed E-state index contributed by atoms with van der Waals surface area (Å²) < 4.78 is 0. The van der Waals surface area contributed by atoms with Crippen molar-refractivity contribution in [3.63, 3.8) is 0 Å². The maximum Gasteiger partial charge on any atom is 1.00 e. The second-order valence-electron chi connectivity index (χ2n) is 25.2. The van der Waals surface area contributed by atoms with Gasteiger partial charge in [-0.3, -0.25) is 19.9 Å². The summed E-state index contributed by atoms with van der Waals surface area (Å²) in [6.07, 6.45) is 44.7. The molecule has 2 aliphatic rings. The largest absolute Gasteiger partial charge is 1.00 e. The van der Waals surface area contributed by atoms with Gasteiger partial charge in [-0.2, -0.15) is 11.6 Å². The SMILES string of the molecule is C.C.C1=C[CH-]C(=CCC(CC(CC(c2ccccc2)c2ccccc2)c2ccccc2)c2ccccc2)C=C1.C1=C[CH-]C(=Cc2ccccc2)C=C1.C=Cc1ccccc1.CC.CC.CC.CC.Cc1ccccc1.Cc1ccccc1.Cc1ccccc1.Cc1ccccc1.[K+].[K+].c1ccncc1.c1ccncc1.c1ccncc1.c1ccncc1. The van der Waals surface area contributed by atoms with Crippen LogP contribution >= 0.6 is 0 Å². The molecule has 4 heterocycles. The number of hydrogen-bond donors (Lipinski definition) is 0. The van der Waals surface area contributed by atoms with Gasteiger partial charge in [-0.15, -0.1) is 73.1 Å². The molecule has 0 fully saturated rings. The third-order valence-electron chi connectivity index (χ3n) is 16.5. The van der Waals surface area contributed by atoms with Crippen LogP contribution in [0.25, 0.3) is 12.2 Å². The zero-order valence-electron chi connectivity index (χ0n) is 74.3. The number of aromatic nitrogens is 4. The predicted molar refractivity (Wildman–Crippen MR) is 532 cm³/mol. The van der Waals surface area contributed by atoms with Gasteiger partial charge in [0, 0.05) is 55.5 Å². The molecule has 2 atom stereocenters.